The first-order valence-corrected chi connectivity index (χ1v) is 9.48. The molecule has 1 aromatic carbocycles. The van der Waals surface area contributed by atoms with E-state index in [-0.39, 0.29) is 11.9 Å². The highest BCUT2D eigenvalue weighted by molar-refractivity contribution is 7.17. The number of likely N-dealkylation sites (tertiary alicyclic amines) is 1. The van der Waals surface area contributed by atoms with Crippen LogP contribution in [0.25, 0.3) is 10.4 Å². The Hall–Kier alpha value is -2.05. The molecule has 2 unspecified atom stereocenters. The van der Waals surface area contributed by atoms with Gasteiger partial charge in [0.2, 0.25) is 0 Å². The van der Waals surface area contributed by atoms with E-state index in [9.17, 15) is 4.79 Å². The van der Waals surface area contributed by atoms with Gasteiger partial charge in [-0.15, -0.1) is 11.3 Å². The lowest BCUT2D eigenvalue weighted by molar-refractivity contribution is 0.0748. The molecule has 3 heterocycles. The SMILES string of the molecule is CC1CC(CN)CN1C(=O)c1ccc(-c2ccc3c(c2)OCCO3)s1. The van der Waals surface area contributed by atoms with E-state index in [1.807, 2.05) is 35.2 Å². The van der Waals surface area contributed by atoms with Crippen LogP contribution in [0.15, 0.2) is 30.3 Å². The largest absolute Gasteiger partial charge is 0.486 e. The summed E-state index contributed by atoms with van der Waals surface area (Å²) in [5, 5.41) is 0. The van der Waals surface area contributed by atoms with Gasteiger partial charge >= 0.3 is 0 Å². The highest BCUT2D eigenvalue weighted by Gasteiger charge is 2.32. The number of nitrogens with zero attached hydrogens (tertiary/aromatic N) is 1. The number of amides is 1. The summed E-state index contributed by atoms with van der Waals surface area (Å²) in [6, 6.07) is 10.1. The molecule has 4 rings (SSSR count). The van der Waals surface area contributed by atoms with Crippen LogP contribution < -0.4 is 15.2 Å². The summed E-state index contributed by atoms with van der Waals surface area (Å²) < 4.78 is 11.2. The Labute approximate surface area is 151 Å². The topological polar surface area (TPSA) is 64.8 Å². The van der Waals surface area contributed by atoms with Crippen LogP contribution in [-0.4, -0.2) is 43.2 Å². The molecule has 5 nitrogen and oxygen atoms in total. The first-order chi connectivity index (χ1) is 12.2. The maximum absolute atomic E-state index is 12.8. The van der Waals surface area contributed by atoms with Crippen molar-refractivity contribution in [2.45, 2.75) is 19.4 Å². The number of ether oxygens (including phenoxy) is 2. The van der Waals surface area contributed by atoms with Gasteiger partial charge in [0.15, 0.2) is 11.5 Å². The predicted molar refractivity (Wildman–Crippen MR) is 98.4 cm³/mol. The molecule has 2 aromatic rings. The van der Waals surface area contributed by atoms with Gasteiger partial charge < -0.3 is 20.1 Å². The van der Waals surface area contributed by atoms with Crippen LogP contribution >= 0.6 is 11.3 Å². The summed E-state index contributed by atoms with van der Waals surface area (Å²) >= 11 is 1.52. The predicted octanol–water partition coefficient (Wildman–Crippen LogP) is 3.00. The summed E-state index contributed by atoms with van der Waals surface area (Å²) in [5.74, 6) is 2.07. The molecule has 1 aromatic heterocycles. The van der Waals surface area contributed by atoms with Crippen LogP contribution in [-0.2, 0) is 0 Å². The first kappa shape index (κ1) is 16.4. The quantitative estimate of drug-likeness (QED) is 0.916. The molecule has 0 aliphatic carbocycles. The van der Waals surface area contributed by atoms with E-state index in [0.29, 0.717) is 25.7 Å². The fourth-order valence-corrected chi connectivity index (χ4v) is 4.50. The molecule has 0 bridgehead atoms. The van der Waals surface area contributed by atoms with E-state index in [4.69, 9.17) is 15.2 Å². The smallest absolute Gasteiger partial charge is 0.264 e. The second-order valence-corrected chi connectivity index (χ2v) is 7.75. The monoisotopic (exact) mass is 358 g/mol. The number of hydrogen-bond donors (Lipinski definition) is 1. The van der Waals surface area contributed by atoms with E-state index >= 15 is 0 Å². The minimum absolute atomic E-state index is 0.109. The second kappa shape index (κ2) is 6.69. The van der Waals surface area contributed by atoms with Crippen molar-refractivity contribution in [3.05, 3.63) is 35.2 Å². The molecular formula is C19H22N2O3S. The van der Waals surface area contributed by atoms with Gasteiger partial charge in [0.05, 0.1) is 4.88 Å². The molecule has 2 N–H and O–H groups in total. The average molecular weight is 358 g/mol. The molecule has 2 aliphatic heterocycles. The Bertz CT molecular complexity index is 789. The normalized spacial score (nSPS) is 22.2. The Morgan fingerprint density at radius 1 is 1.24 bits per heavy atom. The first-order valence-electron chi connectivity index (χ1n) is 8.66. The highest BCUT2D eigenvalue weighted by Crippen LogP contribution is 2.37. The van der Waals surface area contributed by atoms with E-state index in [1.54, 1.807) is 0 Å². The van der Waals surface area contributed by atoms with Gasteiger partial charge in [-0.25, -0.2) is 0 Å². The van der Waals surface area contributed by atoms with Crippen molar-refractivity contribution in [2.24, 2.45) is 11.7 Å². The molecule has 1 amide bonds. The number of carbonyl (C=O) groups excluding carboxylic acids is 1. The van der Waals surface area contributed by atoms with Crippen molar-refractivity contribution >= 4 is 17.2 Å². The average Bonchev–Trinajstić information content (AvgIpc) is 3.27. The van der Waals surface area contributed by atoms with Crippen LogP contribution in [0.2, 0.25) is 0 Å². The highest BCUT2D eigenvalue weighted by atomic mass is 32.1. The number of carbonyl (C=O) groups is 1. The Balaban J connectivity index is 1.55. The Kier molecular flexibility index (Phi) is 4.39. The summed E-state index contributed by atoms with van der Waals surface area (Å²) in [4.78, 5) is 16.6. The number of rotatable bonds is 3. The summed E-state index contributed by atoms with van der Waals surface area (Å²) in [5.41, 5.74) is 6.82. The van der Waals surface area contributed by atoms with Crippen molar-refractivity contribution in [2.75, 3.05) is 26.3 Å². The lowest BCUT2D eigenvalue weighted by atomic mass is 10.1. The zero-order chi connectivity index (χ0) is 17.4. The molecule has 2 aliphatic rings. The summed E-state index contributed by atoms with van der Waals surface area (Å²) in [6.45, 7) is 4.65. The molecule has 2 atom stereocenters. The molecule has 0 radical (unpaired) electrons. The van der Waals surface area contributed by atoms with Crippen molar-refractivity contribution in [3.8, 4) is 21.9 Å². The molecule has 132 valence electrons. The maximum Gasteiger partial charge on any atom is 0.264 e. The van der Waals surface area contributed by atoms with E-state index in [2.05, 4.69) is 6.92 Å². The van der Waals surface area contributed by atoms with Crippen LogP contribution in [0.3, 0.4) is 0 Å². The maximum atomic E-state index is 12.8. The molecule has 6 heteroatoms. The number of nitrogens with two attached hydrogens (primary N) is 1. The minimum atomic E-state index is 0.109. The van der Waals surface area contributed by atoms with Crippen molar-refractivity contribution in [3.63, 3.8) is 0 Å². The molecular weight excluding hydrogens is 336 g/mol. The van der Waals surface area contributed by atoms with Gasteiger partial charge in [-0.05, 0) is 61.7 Å². The fourth-order valence-electron chi connectivity index (χ4n) is 3.54. The van der Waals surface area contributed by atoms with Crippen molar-refractivity contribution in [1.82, 2.24) is 4.90 Å². The van der Waals surface area contributed by atoms with Crippen LogP contribution in [0, 0.1) is 5.92 Å². The summed E-state index contributed by atoms with van der Waals surface area (Å²) in [7, 11) is 0. The minimum Gasteiger partial charge on any atom is -0.486 e. The third kappa shape index (κ3) is 3.12. The Morgan fingerprint density at radius 2 is 2.04 bits per heavy atom. The lowest BCUT2D eigenvalue weighted by Gasteiger charge is -2.20. The third-order valence-corrected chi connectivity index (χ3v) is 6.02. The van der Waals surface area contributed by atoms with E-state index in [1.165, 1.54) is 11.3 Å². The van der Waals surface area contributed by atoms with Crippen LogP contribution in [0.4, 0.5) is 0 Å². The zero-order valence-electron chi connectivity index (χ0n) is 14.2. The van der Waals surface area contributed by atoms with E-state index < -0.39 is 0 Å². The number of thiophene rings is 1. The third-order valence-electron chi connectivity index (χ3n) is 4.90. The number of hydrogen-bond acceptors (Lipinski definition) is 5. The van der Waals surface area contributed by atoms with Gasteiger partial charge in [-0.1, -0.05) is 0 Å². The number of benzene rings is 1. The molecule has 1 saturated heterocycles. The van der Waals surface area contributed by atoms with Gasteiger partial charge in [-0.2, -0.15) is 0 Å². The van der Waals surface area contributed by atoms with Gasteiger partial charge in [0.25, 0.3) is 5.91 Å². The van der Waals surface area contributed by atoms with Crippen LogP contribution in [0.1, 0.15) is 23.0 Å². The molecule has 25 heavy (non-hydrogen) atoms. The second-order valence-electron chi connectivity index (χ2n) is 6.67. The van der Waals surface area contributed by atoms with Crippen molar-refractivity contribution < 1.29 is 14.3 Å². The summed E-state index contributed by atoms with van der Waals surface area (Å²) in [6.07, 6.45) is 0.989. The molecule has 0 saturated carbocycles. The standard InChI is InChI=1S/C19H22N2O3S/c1-12-8-13(10-20)11-21(12)19(22)18-5-4-17(25-18)14-2-3-15-16(9-14)24-7-6-23-15/h2-5,9,12-13H,6-8,10-11,20H2,1H3. The van der Waals surface area contributed by atoms with Crippen molar-refractivity contribution in [1.29, 1.82) is 0 Å². The lowest BCUT2D eigenvalue weighted by Crippen LogP contribution is -2.33. The number of fused-ring (bicyclic) bond motifs is 1. The van der Waals surface area contributed by atoms with Gasteiger partial charge in [0.1, 0.15) is 13.2 Å². The zero-order valence-corrected chi connectivity index (χ0v) is 15.1. The fraction of sp³-hybridized carbons (Fsp3) is 0.421. The van der Waals surface area contributed by atoms with Crippen LogP contribution in [0.5, 0.6) is 11.5 Å². The van der Waals surface area contributed by atoms with Gasteiger partial charge in [0, 0.05) is 17.5 Å². The Morgan fingerprint density at radius 3 is 2.80 bits per heavy atom. The van der Waals surface area contributed by atoms with E-state index in [0.717, 1.165) is 39.8 Å². The molecule has 0 spiro atoms. The van der Waals surface area contributed by atoms with Gasteiger partial charge in [-0.3, -0.25) is 4.79 Å². The molecule has 1 fully saturated rings.